The molecule has 1 aromatic carbocycles. The molecule has 92 valence electrons. The second-order valence-electron chi connectivity index (χ2n) is 4.72. The van der Waals surface area contributed by atoms with Crippen molar-refractivity contribution < 1.29 is 9.90 Å². The monoisotopic (exact) mass is 243 g/mol. The van der Waals surface area contributed by atoms with Gasteiger partial charge in [0.2, 0.25) is 0 Å². The van der Waals surface area contributed by atoms with Crippen LogP contribution in [0.1, 0.15) is 18.5 Å². The van der Waals surface area contributed by atoms with Gasteiger partial charge in [-0.3, -0.25) is 9.78 Å². The lowest BCUT2D eigenvalue weighted by Gasteiger charge is -2.18. The highest BCUT2D eigenvalue weighted by molar-refractivity contribution is 5.78. The van der Waals surface area contributed by atoms with Crippen LogP contribution in [0.25, 0.3) is 11.0 Å². The fourth-order valence-electron chi connectivity index (χ4n) is 2.29. The van der Waals surface area contributed by atoms with Crippen LogP contribution in [-0.2, 0) is 10.2 Å². The number of fused-ring (bicyclic) bond motifs is 1. The highest BCUT2D eigenvalue weighted by atomic mass is 16.4. The van der Waals surface area contributed by atoms with E-state index >= 15 is 0 Å². The fraction of sp³-hybridized carbons (Fsp3) is 0.308. The maximum Gasteiger partial charge on any atom is 0.321 e. The third kappa shape index (κ3) is 1.55. The molecule has 1 fully saturated rings. The molecule has 1 unspecified atom stereocenters. The van der Waals surface area contributed by atoms with Gasteiger partial charge >= 0.3 is 5.97 Å². The second kappa shape index (κ2) is 3.74. The average Bonchev–Trinajstić information content (AvgIpc) is 3.18. The van der Waals surface area contributed by atoms with E-state index < -0.39 is 17.4 Å². The smallest absolute Gasteiger partial charge is 0.321 e. The predicted molar refractivity (Wildman–Crippen MR) is 66.1 cm³/mol. The van der Waals surface area contributed by atoms with Gasteiger partial charge in [0.15, 0.2) is 0 Å². The largest absolute Gasteiger partial charge is 0.480 e. The molecule has 0 spiro atoms. The molecule has 5 heteroatoms. The van der Waals surface area contributed by atoms with E-state index in [1.165, 1.54) is 0 Å². The van der Waals surface area contributed by atoms with Gasteiger partial charge in [0, 0.05) is 11.6 Å². The zero-order valence-electron chi connectivity index (χ0n) is 9.71. The number of aliphatic carboxylic acids is 1. The Morgan fingerprint density at radius 3 is 2.61 bits per heavy atom. The quantitative estimate of drug-likeness (QED) is 0.841. The van der Waals surface area contributed by atoms with Crippen molar-refractivity contribution in [3.63, 3.8) is 0 Å². The maximum absolute atomic E-state index is 11.0. The van der Waals surface area contributed by atoms with E-state index in [9.17, 15) is 4.79 Å². The summed E-state index contributed by atoms with van der Waals surface area (Å²) in [5.74, 6) is -0.984. The first-order valence-corrected chi connectivity index (χ1v) is 5.84. The topological polar surface area (TPSA) is 89.1 Å². The van der Waals surface area contributed by atoms with Crippen molar-refractivity contribution in [2.24, 2.45) is 5.73 Å². The molecule has 3 rings (SSSR count). The highest BCUT2D eigenvalue weighted by Gasteiger charge is 2.53. The van der Waals surface area contributed by atoms with Crippen molar-refractivity contribution >= 4 is 17.0 Å². The first-order valence-electron chi connectivity index (χ1n) is 5.84. The van der Waals surface area contributed by atoms with E-state index in [1.54, 1.807) is 6.20 Å². The summed E-state index contributed by atoms with van der Waals surface area (Å²) in [6.07, 6.45) is 3.17. The molecular weight excluding hydrogens is 230 g/mol. The molecule has 1 heterocycles. The van der Waals surface area contributed by atoms with Crippen LogP contribution < -0.4 is 5.73 Å². The Hall–Kier alpha value is -2.01. The molecule has 1 aliphatic rings. The summed E-state index contributed by atoms with van der Waals surface area (Å²) in [5.41, 5.74) is 7.51. The van der Waals surface area contributed by atoms with Crippen molar-refractivity contribution in [3.8, 4) is 0 Å². The number of hydrogen-bond donors (Lipinski definition) is 2. The van der Waals surface area contributed by atoms with Crippen LogP contribution in [0.15, 0.2) is 30.5 Å². The van der Waals surface area contributed by atoms with Crippen LogP contribution in [0.3, 0.4) is 0 Å². The standard InChI is InChI=1S/C13H13N3O2/c14-11(12(17)18)13(5-6-13)10-7-15-8-3-1-2-4-9(8)16-10/h1-4,7,11H,5-6,14H2,(H,17,18). The molecule has 0 amide bonds. The molecular formula is C13H13N3O2. The Bertz CT molecular complexity index is 622. The van der Waals surface area contributed by atoms with E-state index in [0.717, 1.165) is 23.9 Å². The van der Waals surface area contributed by atoms with Crippen molar-refractivity contribution in [3.05, 3.63) is 36.2 Å². The van der Waals surface area contributed by atoms with Gasteiger partial charge in [-0.15, -0.1) is 0 Å². The van der Waals surface area contributed by atoms with Gasteiger partial charge in [0.05, 0.1) is 16.7 Å². The number of carboxylic acids is 1. The summed E-state index contributed by atoms with van der Waals surface area (Å²) in [7, 11) is 0. The van der Waals surface area contributed by atoms with E-state index in [-0.39, 0.29) is 0 Å². The minimum atomic E-state index is -0.984. The Kier molecular flexibility index (Phi) is 2.31. The van der Waals surface area contributed by atoms with E-state index in [2.05, 4.69) is 9.97 Å². The van der Waals surface area contributed by atoms with Crippen LogP contribution in [0, 0.1) is 0 Å². The molecule has 0 bridgehead atoms. The van der Waals surface area contributed by atoms with Gasteiger partial charge in [-0.2, -0.15) is 0 Å². The van der Waals surface area contributed by atoms with E-state index in [4.69, 9.17) is 10.8 Å². The summed E-state index contributed by atoms with van der Waals surface area (Å²) < 4.78 is 0. The van der Waals surface area contributed by atoms with E-state index in [0.29, 0.717) is 5.69 Å². The minimum absolute atomic E-state index is 0.525. The third-order valence-electron chi connectivity index (χ3n) is 3.61. The molecule has 3 N–H and O–H groups in total. The van der Waals surface area contributed by atoms with Crippen molar-refractivity contribution in [2.45, 2.75) is 24.3 Å². The van der Waals surface area contributed by atoms with Crippen molar-refractivity contribution in [2.75, 3.05) is 0 Å². The molecule has 18 heavy (non-hydrogen) atoms. The summed E-state index contributed by atoms with van der Waals surface area (Å²) in [4.78, 5) is 19.9. The summed E-state index contributed by atoms with van der Waals surface area (Å²) in [6, 6.07) is 6.62. The summed E-state index contributed by atoms with van der Waals surface area (Å²) in [6.45, 7) is 0. The van der Waals surface area contributed by atoms with Crippen LogP contribution in [0.4, 0.5) is 0 Å². The van der Waals surface area contributed by atoms with Gasteiger partial charge in [-0.05, 0) is 25.0 Å². The highest BCUT2D eigenvalue weighted by Crippen LogP contribution is 2.49. The molecule has 0 radical (unpaired) electrons. The molecule has 1 saturated carbocycles. The lowest BCUT2D eigenvalue weighted by atomic mass is 9.93. The number of aromatic nitrogens is 2. The number of rotatable bonds is 3. The van der Waals surface area contributed by atoms with Gasteiger partial charge in [-0.25, -0.2) is 4.98 Å². The number of para-hydroxylation sites is 2. The summed E-state index contributed by atoms with van der Waals surface area (Å²) in [5, 5.41) is 9.06. The van der Waals surface area contributed by atoms with Crippen molar-refractivity contribution in [1.82, 2.24) is 9.97 Å². The second-order valence-corrected chi connectivity index (χ2v) is 4.72. The number of carboxylic acid groups (broad SMARTS) is 1. The molecule has 1 aromatic heterocycles. The zero-order valence-corrected chi connectivity index (χ0v) is 9.71. The minimum Gasteiger partial charge on any atom is -0.480 e. The Morgan fingerprint density at radius 1 is 1.33 bits per heavy atom. The summed E-state index contributed by atoms with van der Waals surface area (Å²) >= 11 is 0. The lowest BCUT2D eigenvalue weighted by molar-refractivity contribution is -0.139. The average molecular weight is 243 g/mol. The zero-order chi connectivity index (χ0) is 12.8. The number of carbonyl (C=O) groups is 1. The molecule has 2 aromatic rings. The Balaban J connectivity index is 2.07. The van der Waals surface area contributed by atoms with Gasteiger partial charge in [0.1, 0.15) is 6.04 Å². The first kappa shape index (κ1) is 11.1. The van der Waals surface area contributed by atoms with Crippen molar-refractivity contribution in [1.29, 1.82) is 0 Å². The van der Waals surface area contributed by atoms with Crippen LogP contribution in [-0.4, -0.2) is 27.1 Å². The SMILES string of the molecule is NC(C(=O)O)C1(c2cnc3ccccc3n2)CC1. The molecule has 0 aliphatic heterocycles. The third-order valence-corrected chi connectivity index (χ3v) is 3.61. The molecule has 0 saturated heterocycles. The van der Waals surface area contributed by atoms with Gasteiger partial charge in [0.25, 0.3) is 0 Å². The van der Waals surface area contributed by atoms with Crippen LogP contribution in [0.2, 0.25) is 0 Å². The molecule has 5 nitrogen and oxygen atoms in total. The fourth-order valence-corrected chi connectivity index (χ4v) is 2.29. The van der Waals surface area contributed by atoms with Crippen LogP contribution >= 0.6 is 0 Å². The lowest BCUT2D eigenvalue weighted by Crippen LogP contribution is -2.42. The Labute approximate surface area is 104 Å². The van der Waals surface area contributed by atoms with Gasteiger partial charge < -0.3 is 10.8 Å². The predicted octanol–water partition coefficient (Wildman–Crippen LogP) is 1.07. The molecule has 1 aliphatic carbocycles. The van der Waals surface area contributed by atoms with Crippen LogP contribution in [0.5, 0.6) is 0 Å². The number of hydrogen-bond acceptors (Lipinski definition) is 4. The van der Waals surface area contributed by atoms with E-state index in [1.807, 2.05) is 24.3 Å². The number of benzene rings is 1. The maximum atomic E-state index is 11.0. The molecule has 1 atom stereocenters. The van der Waals surface area contributed by atoms with Gasteiger partial charge in [-0.1, -0.05) is 12.1 Å². The number of nitrogens with two attached hydrogens (primary N) is 1. The normalized spacial score (nSPS) is 18.5. The first-order chi connectivity index (χ1) is 8.63. The number of nitrogens with zero attached hydrogens (tertiary/aromatic N) is 2. The Morgan fingerprint density at radius 2 is 2.00 bits per heavy atom.